The molecule has 0 amide bonds. The molecule has 4 rings (SSSR count). The number of Topliss-reactive ketones (excluding diaryl/α,β-unsaturated/α-hetero) is 2. The highest BCUT2D eigenvalue weighted by atomic mass is 35.5. The van der Waals surface area contributed by atoms with Crippen LogP contribution < -0.4 is 9.47 Å². The fourth-order valence-electron chi connectivity index (χ4n) is 2.90. The first-order valence-corrected chi connectivity index (χ1v) is 11.0. The van der Waals surface area contributed by atoms with E-state index in [4.69, 9.17) is 79.1 Å². The lowest BCUT2D eigenvalue weighted by molar-refractivity contribution is 0.0897. The van der Waals surface area contributed by atoms with Crippen molar-refractivity contribution in [2.24, 2.45) is 0 Å². The number of benzene rings is 3. The molecular weight excluding hydrogens is 541 g/mol. The zero-order chi connectivity index (χ0) is 23.2. The van der Waals surface area contributed by atoms with Crippen LogP contribution in [0.1, 0.15) is 20.7 Å². The molecular formula is C22H8Cl6O4. The lowest BCUT2D eigenvalue weighted by Crippen LogP contribution is -2.27. The average molecular weight is 549 g/mol. The van der Waals surface area contributed by atoms with E-state index in [1.54, 1.807) is 12.1 Å². The SMILES string of the molecule is O=C1C(Oc2cc(Cl)c(Cl)cc2Cl)=C(Oc2cc(Cl)c(Cl)cc2Cl)C(=O)c2ccccc21. The highest BCUT2D eigenvalue weighted by Crippen LogP contribution is 2.39. The Morgan fingerprint density at radius 3 is 1.22 bits per heavy atom. The van der Waals surface area contributed by atoms with E-state index in [0.29, 0.717) is 0 Å². The number of hydrogen-bond donors (Lipinski definition) is 0. The van der Waals surface area contributed by atoms with Crippen molar-refractivity contribution in [3.8, 4) is 11.5 Å². The van der Waals surface area contributed by atoms with Gasteiger partial charge in [0.15, 0.2) is 0 Å². The summed E-state index contributed by atoms with van der Waals surface area (Å²) in [4.78, 5) is 26.5. The zero-order valence-corrected chi connectivity index (χ0v) is 20.1. The quantitative estimate of drug-likeness (QED) is 0.307. The number of carbonyl (C=O) groups excluding carboxylic acids is 2. The Bertz CT molecular complexity index is 1230. The van der Waals surface area contributed by atoms with E-state index in [1.807, 2.05) is 0 Å². The number of ether oxygens (including phenoxy) is 2. The van der Waals surface area contributed by atoms with Gasteiger partial charge in [0, 0.05) is 23.3 Å². The fraction of sp³-hybridized carbons (Fsp3) is 0. The Morgan fingerprint density at radius 2 is 0.844 bits per heavy atom. The highest BCUT2D eigenvalue weighted by Gasteiger charge is 2.36. The third-order valence-corrected chi connectivity index (χ3v) is 6.44. The summed E-state index contributed by atoms with van der Waals surface area (Å²) in [5.74, 6) is -2.02. The van der Waals surface area contributed by atoms with Gasteiger partial charge in [0.1, 0.15) is 11.5 Å². The molecule has 32 heavy (non-hydrogen) atoms. The van der Waals surface area contributed by atoms with Gasteiger partial charge < -0.3 is 9.47 Å². The van der Waals surface area contributed by atoms with Gasteiger partial charge in [0.2, 0.25) is 23.1 Å². The van der Waals surface area contributed by atoms with Crippen LogP contribution in [-0.4, -0.2) is 11.6 Å². The number of rotatable bonds is 4. The van der Waals surface area contributed by atoms with Crippen LogP contribution >= 0.6 is 69.6 Å². The molecule has 0 bridgehead atoms. The summed E-state index contributed by atoms with van der Waals surface area (Å²) in [5, 5.41) is 0.783. The van der Waals surface area contributed by atoms with Crippen molar-refractivity contribution >= 4 is 81.2 Å². The predicted molar refractivity (Wildman–Crippen MR) is 126 cm³/mol. The minimum Gasteiger partial charge on any atom is -0.447 e. The Balaban J connectivity index is 1.88. The molecule has 0 aromatic heterocycles. The van der Waals surface area contributed by atoms with Crippen molar-refractivity contribution in [2.45, 2.75) is 0 Å². The molecule has 0 aliphatic heterocycles. The molecule has 4 nitrogen and oxygen atoms in total. The van der Waals surface area contributed by atoms with Crippen molar-refractivity contribution in [3.05, 3.63) is 101 Å². The Labute approximate surface area is 212 Å². The largest absolute Gasteiger partial charge is 0.447 e. The minimum atomic E-state index is -0.603. The van der Waals surface area contributed by atoms with E-state index in [9.17, 15) is 9.59 Å². The second kappa shape index (κ2) is 9.14. The number of ketones is 2. The van der Waals surface area contributed by atoms with Crippen molar-refractivity contribution in [3.63, 3.8) is 0 Å². The lowest BCUT2D eigenvalue weighted by Gasteiger charge is -2.22. The second-order valence-corrected chi connectivity index (χ2v) is 8.90. The van der Waals surface area contributed by atoms with Crippen LogP contribution in [0.3, 0.4) is 0 Å². The molecule has 0 radical (unpaired) electrons. The first-order valence-electron chi connectivity index (χ1n) is 8.75. The van der Waals surface area contributed by atoms with Crippen molar-refractivity contribution < 1.29 is 19.1 Å². The number of halogens is 6. The van der Waals surface area contributed by atoms with Gasteiger partial charge in [-0.15, -0.1) is 0 Å². The first-order chi connectivity index (χ1) is 15.2. The van der Waals surface area contributed by atoms with Crippen LogP contribution in [0.25, 0.3) is 0 Å². The summed E-state index contributed by atoms with van der Waals surface area (Å²) in [6, 6.07) is 11.6. The van der Waals surface area contributed by atoms with Gasteiger partial charge in [-0.05, 0) is 12.1 Å². The minimum absolute atomic E-state index is 0.00191. The maximum absolute atomic E-state index is 13.2. The number of hydrogen-bond acceptors (Lipinski definition) is 4. The lowest BCUT2D eigenvalue weighted by atomic mass is 9.92. The Kier molecular flexibility index (Phi) is 6.64. The van der Waals surface area contributed by atoms with Crippen LogP contribution in [0.4, 0.5) is 0 Å². The van der Waals surface area contributed by atoms with E-state index < -0.39 is 23.1 Å². The van der Waals surface area contributed by atoms with Gasteiger partial charge in [-0.25, -0.2) is 0 Å². The summed E-state index contributed by atoms with van der Waals surface area (Å²) in [6.07, 6.45) is 0. The molecule has 1 aliphatic rings. The summed E-state index contributed by atoms with van der Waals surface area (Å²) >= 11 is 36.4. The second-order valence-electron chi connectivity index (χ2n) is 6.46. The van der Waals surface area contributed by atoms with E-state index >= 15 is 0 Å². The molecule has 1 aliphatic carbocycles. The third-order valence-electron chi connectivity index (χ3n) is 4.41. The van der Waals surface area contributed by atoms with Gasteiger partial charge in [0.05, 0.1) is 30.1 Å². The number of fused-ring (bicyclic) bond motifs is 1. The van der Waals surface area contributed by atoms with Gasteiger partial charge in [-0.2, -0.15) is 0 Å². The maximum Gasteiger partial charge on any atom is 0.233 e. The molecule has 0 heterocycles. The monoisotopic (exact) mass is 546 g/mol. The molecule has 0 spiro atoms. The molecule has 0 N–H and O–H groups in total. The maximum atomic E-state index is 13.2. The highest BCUT2D eigenvalue weighted by molar-refractivity contribution is 6.44. The van der Waals surface area contributed by atoms with Crippen LogP contribution in [0, 0.1) is 0 Å². The van der Waals surface area contributed by atoms with Crippen LogP contribution in [0.2, 0.25) is 30.1 Å². The fourth-order valence-corrected chi connectivity index (χ4v) is 4.05. The molecule has 0 unspecified atom stereocenters. The number of carbonyl (C=O) groups is 2. The molecule has 3 aromatic carbocycles. The van der Waals surface area contributed by atoms with E-state index in [-0.39, 0.29) is 52.8 Å². The molecule has 162 valence electrons. The molecule has 0 fully saturated rings. The molecule has 0 saturated heterocycles. The predicted octanol–water partition coefficient (Wildman–Crippen LogP) is 8.36. The summed E-state index contributed by atoms with van der Waals surface area (Å²) < 4.78 is 11.5. The van der Waals surface area contributed by atoms with Gasteiger partial charge in [-0.3, -0.25) is 9.59 Å². The Morgan fingerprint density at radius 1 is 0.500 bits per heavy atom. The summed E-state index contributed by atoms with van der Waals surface area (Å²) in [7, 11) is 0. The molecule has 3 aromatic rings. The van der Waals surface area contributed by atoms with Gasteiger partial charge >= 0.3 is 0 Å². The summed E-state index contributed by atoms with van der Waals surface area (Å²) in [5.41, 5.74) is 0.271. The van der Waals surface area contributed by atoms with Crippen molar-refractivity contribution in [1.82, 2.24) is 0 Å². The van der Waals surface area contributed by atoms with E-state index in [0.717, 1.165) is 0 Å². The van der Waals surface area contributed by atoms with Crippen LogP contribution in [0.15, 0.2) is 60.0 Å². The summed E-state index contributed by atoms with van der Waals surface area (Å²) in [6.45, 7) is 0. The number of allylic oxidation sites excluding steroid dienone is 2. The van der Waals surface area contributed by atoms with Gasteiger partial charge in [0.25, 0.3) is 0 Å². The smallest absolute Gasteiger partial charge is 0.233 e. The van der Waals surface area contributed by atoms with E-state index in [1.165, 1.54) is 36.4 Å². The standard InChI is InChI=1S/C22H8Cl6O4/c23-11-5-15(27)17(7-13(11)25)31-21-19(29)9-3-1-2-4-10(9)20(30)22(21)32-18-8-14(26)12(24)6-16(18)28/h1-8H. The molecule has 10 heteroatoms. The average Bonchev–Trinajstić information content (AvgIpc) is 2.75. The third kappa shape index (κ3) is 4.32. The topological polar surface area (TPSA) is 52.6 Å². The zero-order valence-electron chi connectivity index (χ0n) is 15.5. The van der Waals surface area contributed by atoms with E-state index in [2.05, 4.69) is 0 Å². The van der Waals surface area contributed by atoms with Crippen molar-refractivity contribution in [1.29, 1.82) is 0 Å². The Hall–Kier alpha value is -1.92. The van der Waals surface area contributed by atoms with Crippen LogP contribution in [-0.2, 0) is 0 Å². The molecule has 0 atom stereocenters. The van der Waals surface area contributed by atoms with Crippen molar-refractivity contribution in [2.75, 3.05) is 0 Å². The van der Waals surface area contributed by atoms with Crippen LogP contribution in [0.5, 0.6) is 11.5 Å². The van der Waals surface area contributed by atoms with Gasteiger partial charge in [-0.1, -0.05) is 93.9 Å². The molecule has 0 saturated carbocycles. The first kappa shape index (κ1) is 23.2. The normalized spacial score (nSPS) is 13.3.